The van der Waals surface area contributed by atoms with Crippen LogP contribution in [0.1, 0.15) is 23.2 Å². The number of carbonyl (C=O) groups is 1. The minimum Gasteiger partial charge on any atom is -0.497 e. The summed E-state index contributed by atoms with van der Waals surface area (Å²) in [6.07, 6.45) is 4.13. The van der Waals surface area contributed by atoms with Gasteiger partial charge in [0, 0.05) is 23.1 Å². The molecule has 4 atom stereocenters. The van der Waals surface area contributed by atoms with Gasteiger partial charge in [-0.1, -0.05) is 36.4 Å². The molecule has 3 aromatic rings. The fourth-order valence-corrected chi connectivity index (χ4v) is 5.08. The Morgan fingerprint density at radius 3 is 2.73 bits per heavy atom. The highest BCUT2D eigenvalue weighted by Crippen LogP contribution is 2.39. The number of nitrogens with zero attached hydrogens (tertiary/aromatic N) is 2. The van der Waals surface area contributed by atoms with Crippen LogP contribution in [0.5, 0.6) is 5.75 Å². The lowest BCUT2D eigenvalue weighted by atomic mass is 9.74. The van der Waals surface area contributed by atoms with Crippen LogP contribution in [0.4, 0.5) is 0 Å². The van der Waals surface area contributed by atoms with Crippen molar-refractivity contribution < 1.29 is 9.53 Å². The number of methoxy groups -OCH3 is 1. The summed E-state index contributed by atoms with van der Waals surface area (Å²) >= 11 is 0. The number of piperidine rings is 3. The smallest absolute Gasteiger partial charge is 0.180 e. The number of hydrogen-bond acceptors (Lipinski definition) is 4. The van der Waals surface area contributed by atoms with Crippen molar-refractivity contribution >= 4 is 16.7 Å². The number of fused-ring (bicyclic) bond motifs is 4. The lowest BCUT2D eigenvalue weighted by molar-refractivity contribution is 0.0205. The Kier molecular flexibility index (Phi) is 4.87. The Bertz CT molecular complexity index is 1110. The third-order valence-corrected chi connectivity index (χ3v) is 6.76. The molecule has 0 saturated carbocycles. The molecule has 3 aliphatic rings. The predicted octanol–water partition coefficient (Wildman–Crippen LogP) is 4.99. The van der Waals surface area contributed by atoms with Crippen molar-refractivity contribution in [3.8, 4) is 17.0 Å². The van der Waals surface area contributed by atoms with Crippen LogP contribution in [0, 0.1) is 11.8 Å². The Morgan fingerprint density at radius 1 is 1.20 bits per heavy atom. The molecule has 2 aromatic carbocycles. The molecule has 0 amide bonds. The lowest BCUT2D eigenvalue weighted by Crippen LogP contribution is -2.55. The summed E-state index contributed by atoms with van der Waals surface area (Å²) in [6, 6.07) is 17.7. The highest BCUT2D eigenvalue weighted by molar-refractivity contribution is 6.11. The van der Waals surface area contributed by atoms with Gasteiger partial charge >= 0.3 is 0 Å². The molecule has 0 aliphatic carbocycles. The van der Waals surface area contributed by atoms with Crippen molar-refractivity contribution in [3.63, 3.8) is 0 Å². The Balaban J connectivity index is 1.61. The number of benzene rings is 2. The summed E-state index contributed by atoms with van der Waals surface area (Å²) in [5.74, 6) is 1.98. The van der Waals surface area contributed by atoms with E-state index in [1.165, 1.54) is 0 Å². The van der Waals surface area contributed by atoms with Gasteiger partial charge in [-0.05, 0) is 55.5 Å². The van der Waals surface area contributed by atoms with Crippen molar-refractivity contribution in [2.45, 2.75) is 18.9 Å². The van der Waals surface area contributed by atoms with Gasteiger partial charge in [0.1, 0.15) is 5.75 Å². The maximum Gasteiger partial charge on any atom is 0.180 e. The Hall–Kier alpha value is -2.98. The average molecular weight is 399 g/mol. The molecule has 4 nitrogen and oxygen atoms in total. The first-order valence-corrected chi connectivity index (χ1v) is 10.6. The first-order chi connectivity index (χ1) is 14.7. The van der Waals surface area contributed by atoms with Crippen LogP contribution in [0.15, 0.2) is 67.3 Å². The molecular formula is C26H26N2O2. The lowest BCUT2D eigenvalue weighted by Gasteiger charge is -2.48. The normalized spacial score (nSPS) is 25.2. The van der Waals surface area contributed by atoms with E-state index in [1.54, 1.807) is 7.11 Å². The van der Waals surface area contributed by atoms with Gasteiger partial charge in [-0.3, -0.25) is 9.69 Å². The number of aromatic nitrogens is 1. The van der Waals surface area contributed by atoms with Gasteiger partial charge in [-0.2, -0.15) is 0 Å². The number of carbonyl (C=O) groups excluding carboxylic acids is 1. The van der Waals surface area contributed by atoms with Crippen LogP contribution in [0.25, 0.3) is 22.2 Å². The van der Waals surface area contributed by atoms with E-state index in [4.69, 9.17) is 9.72 Å². The number of hydrogen-bond donors (Lipinski definition) is 0. The second-order valence-electron chi connectivity index (χ2n) is 8.36. The summed E-state index contributed by atoms with van der Waals surface area (Å²) in [5, 5.41) is 0.863. The molecule has 4 unspecified atom stereocenters. The molecule has 3 saturated heterocycles. The van der Waals surface area contributed by atoms with E-state index in [2.05, 4.69) is 17.6 Å². The molecule has 30 heavy (non-hydrogen) atoms. The summed E-state index contributed by atoms with van der Waals surface area (Å²) in [6.45, 7) is 5.92. The van der Waals surface area contributed by atoms with Crippen LogP contribution in [0.2, 0.25) is 0 Å². The summed E-state index contributed by atoms with van der Waals surface area (Å²) < 4.78 is 5.43. The van der Waals surface area contributed by atoms with Gasteiger partial charge in [0.25, 0.3) is 0 Å². The third kappa shape index (κ3) is 3.21. The van der Waals surface area contributed by atoms with Crippen molar-refractivity contribution in [1.82, 2.24) is 9.88 Å². The zero-order chi connectivity index (χ0) is 20.7. The van der Waals surface area contributed by atoms with Gasteiger partial charge in [0.2, 0.25) is 0 Å². The Morgan fingerprint density at radius 2 is 2.03 bits per heavy atom. The van der Waals surface area contributed by atoms with E-state index in [1.807, 2.05) is 54.6 Å². The number of pyridine rings is 1. The molecule has 3 aliphatic heterocycles. The standard InChI is InChI=1S/C26H26N2O2/c1-3-17-16-28-12-11-19(17)13-25(28)26(29)22-15-24(18-7-5-4-6-8-18)27-23-10-9-20(30-2)14-21(22)23/h3-10,14-15,17,19,25H,1,11-13,16H2,2H3. The van der Waals surface area contributed by atoms with Crippen molar-refractivity contribution in [2.75, 3.05) is 20.2 Å². The van der Waals surface area contributed by atoms with E-state index in [9.17, 15) is 4.79 Å². The molecule has 152 valence electrons. The minimum absolute atomic E-state index is 0.0691. The first kappa shape index (κ1) is 19.0. The van der Waals surface area contributed by atoms with E-state index in [0.717, 1.165) is 59.4 Å². The highest BCUT2D eigenvalue weighted by Gasteiger charge is 2.42. The monoisotopic (exact) mass is 398 g/mol. The van der Waals surface area contributed by atoms with Crippen molar-refractivity contribution in [2.24, 2.45) is 11.8 Å². The molecule has 4 heteroatoms. The minimum atomic E-state index is -0.0691. The maximum atomic E-state index is 13.8. The number of Topliss-reactive ketones (excluding diaryl/α,β-unsaturated/α-hetero) is 1. The molecule has 2 bridgehead atoms. The molecule has 3 fully saturated rings. The molecule has 0 N–H and O–H groups in total. The number of ketones is 1. The Labute approximate surface area is 177 Å². The zero-order valence-corrected chi connectivity index (χ0v) is 17.3. The summed E-state index contributed by atoms with van der Waals surface area (Å²) in [5.41, 5.74) is 3.41. The first-order valence-electron chi connectivity index (χ1n) is 10.6. The molecule has 0 spiro atoms. The fourth-order valence-electron chi connectivity index (χ4n) is 5.08. The van der Waals surface area contributed by atoms with Crippen LogP contribution >= 0.6 is 0 Å². The van der Waals surface area contributed by atoms with E-state index >= 15 is 0 Å². The predicted molar refractivity (Wildman–Crippen MR) is 120 cm³/mol. The van der Waals surface area contributed by atoms with Crippen molar-refractivity contribution in [3.05, 3.63) is 72.8 Å². The topological polar surface area (TPSA) is 42.4 Å². The summed E-state index contributed by atoms with van der Waals surface area (Å²) in [4.78, 5) is 21.0. The molecule has 6 rings (SSSR count). The fraction of sp³-hybridized carbons (Fsp3) is 0.308. The van der Waals surface area contributed by atoms with E-state index < -0.39 is 0 Å². The second-order valence-corrected chi connectivity index (χ2v) is 8.36. The maximum absolute atomic E-state index is 13.8. The van der Waals surface area contributed by atoms with E-state index in [-0.39, 0.29) is 11.8 Å². The van der Waals surface area contributed by atoms with Gasteiger partial charge in [0.05, 0.1) is 24.4 Å². The largest absolute Gasteiger partial charge is 0.497 e. The van der Waals surface area contributed by atoms with Gasteiger partial charge in [-0.15, -0.1) is 6.58 Å². The average Bonchev–Trinajstić information content (AvgIpc) is 2.83. The highest BCUT2D eigenvalue weighted by atomic mass is 16.5. The zero-order valence-electron chi connectivity index (χ0n) is 17.3. The molecule has 4 heterocycles. The van der Waals surface area contributed by atoms with Gasteiger partial charge < -0.3 is 4.74 Å². The number of ether oxygens (including phenoxy) is 1. The summed E-state index contributed by atoms with van der Waals surface area (Å²) in [7, 11) is 1.65. The SMILES string of the molecule is C=CC1CN2CCC1CC2C(=O)c1cc(-c2ccccc2)nc2ccc(OC)cc12. The van der Waals surface area contributed by atoms with Crippen LogP contribution in [0.3, 0.4) is 0 Å². The van der Waals surface area contributed by atoms with E-state index in [0.29, 0.717) is 11.8 Å². The van der Waals surface area contributed by atoms with Gasteiger partial charge in [-0.25, -0.2) is 4.98 Å². The quantitative estimate of drug-likeness (QED) is 0.449. The molecule has 0 radical (unpaired) electrons. The van der Waals surface area contributed by atoms with Crippen molar-refractivity contribution in [1.29, 1.82) is 0 Å². The van der Waals surface area contributed by atoms with Crippen LogP contribution < -0.4 is 4.74 Å². The molecule has 1 aromatic heterocycles. The number of rotatable bonds is 5. The van der Waals surface area contributed by atoms with Crippen LogP contribution in [-0.2, 0) is 0 Å². The second kappa shape index (κ2) is 7.69. The van der Waals surface area contributed by atoms with Gasteiger partial charge in [0.15, 0.2) is 5.78 Å². The third-order valence-electron chi connectivity index (χ3n) is 6.76. The van der Waals surface area contributed by atoms with Crippen LogP contribution in [-0.4, -0.2) is 41.9 Å². The molecular weight excluding hydrogens is 372 g/mol.